The number of benzene rings is 1. The summed E-state index contributed by atoms with van der Waals surface area (Å²) in [4.78, 5) is 38.5. The predicted molar refractivity (Wildman–Crippen MR) is 92.6 cm³/mol. The Bertz CT molecular complexity index is 581. The monoisotopic (exact) mass is 331 g/mol. The van der Waals surface area contributed by atoms with Crippen LogP contribution in [0.15, 0.2) is 30.3 Å². The highest BCUT2D eigenvalue weighted by atomic mass is 16.2. The van der Waals surface area contributed by atoms with Gasteiger partial charge >= 0.3 is 6.03 Å². The minimum Gasteiger partial charge on any atom is -0.372 e. The van der Waals surface area contributed by atoms with Crippen molar-refractivity contribution in [3.8, 4) is 0 Å². The number of barbiturate groups is 1. The third-order valence-electron chi connectivity index (χ3n) is 4.59. The Morgan fingerprint density at radius 2 is 1.58 bits per heavy atom. The second-order valence-electron chi connectivity index (χ2n) is 6.09. The van der Waals surface area contributed by atoms with E-state index >= 15 is 0 Å². The number of nitrogens with one attached hydrogen (secondary N) is 2. The molecule has 1 aromatic carbocycles. The van der Waals surface area contributed by atoms with Gasteiger partial charge in [0, 0.05) is 18.8 Å². The molecule has 0 saturated carbocycles. The molecule has 1 fully saturated rings. The van der Waals surface area contributed by atoms with Gasteiger partial charge in [0.2, 0.25) is 11.8 Å². The predicted octanol–water partition coefficient (Wildman–Crippen LogP) is 2.45. The normalized spacial score (nSPS) is 16.5. The lowest BCUT2D eigenvalue weighted by Crippen LogP contribution is -2.63. The fourth-order valence-electron chi connectivity index (χ4n) is 3.07. The van der Waals surface area contributed by atoms with Crippen LogP contribution in [0.5, 0.6) is 0 Å². The maximum atomic E-state index is 12.5. The van der Waals surface area contributed by atoms with Gasteiger partial charge in [0.25, 0.3) is 0 Å². The van der Waals surface area contributed by atoms with Gasteiger partial charge in [-0.2, -0.15) is 0 Å². The van der Waals surface area contributed by atoms with E-state index in [4.69, 9.17) is 0 Å². The number of imide groups is 2. The van der Waals surface area contributed by atoms with Gasteiger partial charge in [0.05, 0.1) is 0 Å². The van der Waals surface area contributed by atoms with Crippen molar-refractivity contribution >= 4 is 23.5 Å². The number of carbonyl (C=O) groups excluding carboxylic acids is 3. The minimum atomic E-state index is -1.17. The van der Waals surface area contributed by atoms with Crippen LogP contribution in [-0.2, 0) is 9.59 Å². The quantitative estimate of drug-likeness (QED) is 0.717. The van der Waals surface area contributed by atoms with E-state index in [1.54, 1.807) is 0 Å². The van der Waals surface area contributed by atoms with E-state index in [2.05, 4.69) is 15.5 Å². The van der Waals surface area contributed by atoms with Crippen LogP contribution < -0.4 is 15.5 Å². The average molecular weight is 331 g/mol. The van der Waals surface area contributed by atoms with Crippen LogP contribution in [0.3, 0.4) is 0 Å². The van der Waals surface area contributed by atoms with Gasteiger partial charge in [-0.05, 0) is 31.9 Å². The van der Waals surface area contributed by atoms with E-state index in [9.17, 15) is 14.4 Å². The molecule has 0 atom stereocenters. The highest BCUT2D eigenvalue weighted by Gasteiger charge is 2.49. The van der Waals surface area contributed by atoms with Crippen molar-refractivity contribution in [2.45, 2.75) is 39.5 Å². The second-order valence-corrected chi connectivity index (χ2v) is 6.09. The molecule has 130 valence electrons. The number of nitrogens with zero attached hydrogens (tertiary/aromatic N) is 1. The summed E-state index contributed by atoms with van der Waals surface area (Å²) in [5, 5.41) is 4.53. The van der Waals surface area contributed by atoms with Crippen LogP contribution in [0.2, 0.25) is 0 Å². The molecule has 1 saturated heterocycles. The molecule has 1 aliphatic heterocycles. The van der Waals surface area contributed by atoms with Crippen LogP contribution in [0.1, 0.15) is 39.5 Å². The van der Waals surface area contributed by atoms with Gasteiger partial charge in [-0.3, -0.25) is 20.2 Å². The van der Waals surface area contributed by atoms with Crippen molar-refractivity contribution < 1.29 is 14.4 Å². The van der Waals surface area contributed by atoms with Gasteiger partial charge in [-0.1, -0.05) is 38.0 Å². The molecule has 0 aromatic heterocycles. The highest BCUT2D eigenvalue weighted by molar-refractivity contribution is 6.19. The summed E-state index contributed by atoms with van der Waals surface area (Å²) in [5.74, 6) is -0.956. The molecule has 1 aliphatic rings. The van der Waals surface area contributed by atoms with Crippen molar-refractivity contribution in [2.24, 2.45) is 5.41 Å². The van der Waals surface area contributed by atoms with Gasteiger partial charge in [0.15, 0.2) is 0 Å². The molecule has 1 heterocycles. The first-order valence-corrected chi connectivity index (χ1v) is 8.50. The van der Waals surface area contributed by atoms with E-state index in [1.807, 2.05) is 44.2 Å². The Hall–Kier alpha value is -2.37. The third-order valence-corrected chi connectivity index (χ3v) is 4.59. The molecule has 6 heteroatoms. The minimum absolute atomic E-state index is 0.376. The molecule has 0 spiro atoms. The summed E-state index contributed by atoms with van der Waals surface area (Å²) >= 11 is 0. The first-order chi connectivity index (χ1) is 11.5. The Morgan fingerprint density at radius 1 is 0.958 bits per heavy atom. The van der Waals surface area contributed by atoms with Gasteiger partial charge in [-0.15, -0.1) is 0 Å². The van der Waals surface area contributed by atoms with Gasteiger partial charge in [-0.25, -0.2) is 4.79 Å². The molecule has 0 radical (unpaired) electrons. The summed E-state index contributed by atoms with van der Waals surface area (Å²) in [6.45, 7) is 5.39. The molecule has 4 amide bonds. The van der Waals surface area contributed by atoms with Crippen LogP contribution in [-0.4, -0.2) is 30.9 Å². The van der Waals surface area contributed by atoms with E-state index in [1.165, 1.54) is 0 Å². The standard InChI is InChI=1S/C18H25N3O3/c1-3-5-11-18(15(22)19-17(24)20-16(18)23)12-13-21(4-2)14-9-7-6-8-10-14/h6-10H,3-5,11-13H2,1-2H3,(H2,19,20,22,23,24). The Kier molecular flexibility index (Phi) is 5.95. The molecule has 1 aromatic rings. The van der Waals surface area contributed by atoms with Crippen molar-refractivity contribution in [2.75, 3.05) is 18.0 Å². The zero-order chi connectivity index (χ0) is 17.6. The number of para-hydroxylation sites is 1. The summed E-state index contributed by atoms with van der Waals surface area (Å²) in [5.41, 5.74) is -0.120. The Labute approximate surface area is 142 Å². The zero-order valence-electron chi connectivity index (χ0n) is 14.3. The molecule has 6 nitrogen and oxygen atoms in total. The first-order valence-electron chi connectivity index (χ1n) is 8.50. The number of anilines is 1. The van der Waals surface area contributed by atoms with Gasteiger partial charge in [0.1, 0.15) is 5.41 Å². The second kappa shape index (κ2) is 7.95. The molecular weight excluding hydrogens is 306 g/mol. The fraction of sp³-hybridized carbons (Fsp3) is 0.500. The fourth-order valence-corrected chi connectivity index (χ4v) is 3.07. The summed E-state index contributed by atoms with van der Waals surface area (Å²) in [6, 6.07) is 9.16. The SMILES string of the molecule is CCCCC1(CCN(CC)c2ccccc2)C(=O)NC(=O)NC1=O. The van der Waals surface area contributed by atoms with Crippen LogP contribution in [0, 0.1) is 5.41 Å². The van der Waals surface area contributed by atoms with Crippen LogP contribution in [0.25, 0.3) is 0 Å². The van der Waals surface area contributed by atoms with E-state index in [0.717, 1.165) is 25.1 Å². The maximum absolute atomic E-state index is 12.5. The number of unbranched alkanes of at least 4 members (excludes halogenated alkanes) is 1. The summed E-state index contributed by atoms with van der Waals surface area (Å²) < 4.78 is 0. The first kappa shape index (κ1) is 18.0. The van der Waals surface area contributed by atoms with Crippen molar-refractivity contribution in [3.63, 3.8) is 0 Å². The number of amides is 4. The molecule has 24 heavy (non-hydrogen) atoms. The van der Waals surface area contributed by atoms with Crippen molar-refractivity contribution in [3.05, 3.63) is 30.3 Å². The topological polar surface area (TPSA) is 78.5 Å². The number of carbonyl (C=O) groups is 3. The molecule has 0 unspecified atom stereocenters. The van der Waals surface area contributed by atoms with E-state index in [-0.39, 0.29) is 0 Å². The maximum Gasteiger partial charge on any atom is 0.328 e. The van der Waals surface area contributed by atoms with Gasteiger partial charge < -0.3 is 4.90 Å². The Balaban J connectivity index is 2.18. The Morgan fingerprint density at radius 3 is 2.12 bits per heavy atom. The lowest BCUT2D eigenvalue weighted by molar-refractivity contribution is -0.145. The molecule has 0 bridgehead atoms. The molecule has 0 aliphatic carbocycles. The summed E-state index contributed by atoms with van der Waals surface area (Å²) in [6.07, 6.45) is 2.46. The number of urea groups is 1. The molecule has 2 N–H and O–H groups in total. The molecular formula is C18H25N3O3. The summed E-state index contributed by atoms with van der Waals surface area (Å²) in [7, 11) is 0. The van der Waals surface area contributed by atoms with Crippen molar-refractivity contribution in [1.29, 1.82) is 0 Å². The number of hydrogen-bond donors (Lipinski definition) is 2. The smallest absolute Gasteiger partial charge is 0.328 e. The zero-order valence-corrected chi connectivity index (χ0v) is 14.3. The van der Waals surface area contributed by atoms with Crippen LogP contribution in [0.4, 0.5) is 10.5 Å². The number of hydrogen-bond acceptors (Lipinski definition) is 4. The number of rotatable bonds is 8. The average Bonchev–Trinajstić information content (AvgIpc) is 2.57. The third kappa shape index (κ3) is 3.75. The van der Waals surface area contributed by atoms with Crippen molar-refractivity contribution in [1.82, 2.24) is 10.6 Å². The van der Waals surface area contributed by atoms with E-state index in [0.29, 0.717) is 19.4 Å². The lowest BCUT2D eigenvalue weighted by Gasteiger charge is -2.36. The molecule has 2 rings (SSSR count). The lowest BCUT2D eigenvalue weighted by atomic mass is 9.76. The largest absolute Gasteiger partial charge is 0.372 e. The highest BCUT2D eigenvalue weighted by Crippen LogP contribution is 2.32. The van der Waals surface area contributed by atoms with E-state index < -0.39 is 23.3 Å². The van der Waals surface area contributed by atoms with Crippen LogP contribution >= 0.6 is 0 Å².